The third-order valence-electron chi connectivity index (χ3n) is 4.45. The molecule has 0 spiro atoms. The predicted molar refractivity (Wildman–Crippen MR) is 83.9 cm³/mol. The first kappa shape index (κ1) is 13.6. The van der Waals surface area contributed by atoms with Crippen LogP contribution >= 0.6 is 0 Å². The third kappa shape index (κ3) is 2.08. The van der Waals surface area contributed by atoms with Gasteiger partial charge in [0, 0.05) is 11.9 Å². The highest BCUT2D eigenvalue weighted by atomic mass is 16.2. The molecule has 2 aromatic carbocycles. The second-order valence-corrected chi connectivity index (χ2v) is 5.60. The quantitative estimate of drug-likeness (QED) is 0.855. The van der Waals surface area contributed by atoms with E-state index in [9.17, 15) is 10.1 Å². The Morgan fingerprint density at radius 3 is 2.57 bits per heavy atom. The Labute approximate surface area is 124 Å². The van der Waals surface area contributed by atoms with Crippen molar-refractivity contribution < 1.29 is 4.79 Å². The van der Waals surface area contributed by atoms with Crippen LogP contribution in [0.3, 0.4) is 0 Å². The first-order valence-electron chi connectivity index (χ1n) is 7.43. The second-order valence-electron chi connectivity index (χ2n) is 5.60. The molecule has 1 saturated carbocycles. The molecule has 0 saturated heterocycles. The van der Waals surface area contributed by atoms with Gasteiger partial charge >= 0.3 is 0 Å². The summed E-state index contributed by atoms with van der Waals surface area (Å²) in [5.74, 6) is -0.0462. The van der Waals surface area contributed by atoms with Crippen LogP contribution in [0.25, 0.3) is 10.8 Å². The Kier molecular flexibility index (Phi) is 3.39. The van der Waals surface area contributed by atoms with E-state index in [1.165, 1.54) is 0 Å². The molecule has 2 aromatic rings. The topological polar surface area (TPSA) is 44.1 Å². The smallest absolute Gasteiger partial charge is 0.247 e. The van der Waals surface area contributed by atoms with Crippen molar-refractivity contribution in [2.75, 3.05) is 11.4 Å². The molecular formula is C18H18N2O. The lowest BCUT2D eigenvalue weighted by Gasteiger charge is -2.38. The van der Waals surface area contributed by atoms with Gasteiger partial charge in [0.25, 0.3) is 0 Å². The Balaban J connectivity index is 2.07. The molecule has 106 valence electrons. The van der Waals surface area contributed by atoms with Gasteiger partial charge < -0.3 is 4.90 Å². The van der Waals surface area contributed by atoms with Gasteiger partial charge in [-0.05, 0) is 37.6 Å². The number of nitriles is 1. The Morgan fingerprint density at radius 2 is 1.95 bits per heavy atom. The largest absolute Gasteiger partial charge is 0.311 e. The molecule has 1 aliphatic carbocycles. The molecule has 1 amide bonds. The highest BCUT2D eigenvalue weighted by Crippen LogP contribution is 2.43. The Bertz CT molecular complexity index is 720. The number of carbonyl (C=O) groups excluding carboxylic acids is 1. The molecule has 0 heterocycles. The maximum Gasteiger partial charge on any atom is 0.247 e. The number of hydrogen-bond acceptors (Lipinski definition) is 2. The fourth-order valence-corrected chi connectivity index (χ4v) is 3.03. The van der Waals surface area contributed by atoms with E-state index < -0.39 is 5.41 Å². The molecule has 21 heavy (non-hydrogen) atoms. The monoisotopic (exact) mass is 278 g/mol. The fourth-order valence-electron chi connectivity index (χ4n) is 3.03. The van der Waals surface area contributed by atoms with Crippen molar-refractivity contribution in [1.82, 2.24) is 0 Å². The number of benzene rings is 2. The summed E-state index contributed by atoms with van der Waals surface area (Å²) in [6.07, 6.45) is 2.33. The van der Waals surface area contributed by atoms with Crippen LogP contribution in [-0.2, 0) is 4.79 Å². The molecule has 0 aromatic heterocycles. The van der Waals surface area contributed by atoms with Crippen LogP contribution in [0, 0.1) is 16.7 Å². The molecule has 0 atom stereocenters. The normalized spacial score (nSPS) is 16.0. The van der Waals surface area contributed by atoms with Gasteiger partial charge in [-0.1, -0.05) is 36.4 Å². The number of anilines is 1. The molecule has 0 unspecified atom stereocenters. The molecule has 0 bridgehead atoms. The standard InChI is InChI=1S/C18H18N2O/c1-2-20(17(21)18(13-19)11-6-12-18)16-10-5-8-14-7-3-4-9-15(14)16/h3-5,7-10H,2,6,11-12H2,1H3. The van der Waals surface area contributed by atoms with E-state index in [4.69, 9.17) is 0 Å². The van der Waals surface area contributed by atoms with Crippen LogP contribution in [0.5, 0.6) is 0 Å². The van der Waals surface area contributed by atoms with Crippen LogP contribution in [0.2, 0.25) is 0 Å². The summed E-state index contributed by atoms with van der Waals surface area (Å²) >= 11 is 0. The van der Waals surface area contributed by atoms with Crippen LogP contribution in [0.4, 0.5) is 5.69 Å². The zero-order chi connectivity index (χ0) is 14.9. The maximum atomic E-state index is 12.9. The zero-order valence-corrected chi connectivity index (χ0v) is 12.2. The predicted octanol–water partition coefficient (Wildman–Crippen LogP) is 3.89. The average Bonchev–Trinajstić information content (AvgIpc) is 2.48. The van der Waals surface area contributed by atoms with E-state index >= 15 is 0 Å². The lowest BCUT2D eigenvalue weighted by Crippen LogP contribution is -2.47. The fraction of sp³-hybridized carbons (Fsp3) is 0.333. The van der Waals surface area contributed by atoms with Crippen molar-refractivity contribution in [3.05, 3.63) is 42.5 Å². The van der Waals surface area contributed by atoms with Crippen molar-refractivity contribution >= 4 is 22.4 Å². The van der Waals surface area contributed by atoms with Gasteiger partial charge in [0.2, 0.25) is 5.91 Å². The van der Waals surface area contributed by atoms with Crippen LogP contribution < -0.4 is 4.90 Å². The summed E-state index contributed by atoms with van der Waals surface area (Å²) in [4.78, 5) is 14.6. The number of nitrogens with zero attached hydrogens (tertiary/aromatic N) is 2. The van der Waals surface area contributed by atoms with Gasteiger partial charge in [0.05, 0.1) is 11.8 Å². The van der Waals surface area contributed by atoms with Crippen molar-refractivity contribution in [1.29, 1.82) is 5.26 Å². The molecule has 0 aliphatic heterocycles. The van der Waals surface area contributed by atoms with Crippen LogP contribution in [-0.4, -0.2) is 12.5 Å². The minimum absolute atomic E-state index is 0.0462. The van der Waals surface area contributed by atoms with Gasteiger partial charge in [0.15, 0.2) is 0 Å². The van der Waals surface area contributed by atoms with Crippen LogP contribution in [0.15, 0.2) is 42.5 Å². The summed E-state index contributed by atoms with van der Waals surface area (Å²) in [5, 5.41) is 11.6. The van der Waals surface area contributed by atoms with Crippen molar-refractivity contribution in [2.45, 2.75) is 26.2 Å². The molecular weight excluding hydrogens is 260 g/mol. The summed E-state index contributed by atoms with van der Waals surface area (Å²) in [7, 11) is 0. The van der Waals surface area contributed by atoms with Gasteiger partial charge in [-0.3, -0.25) is 4.79 Å². The highest BCUT2D eigenvalue weighted by Gasteiger charge is 2.47. The third-order valence-corrected chi connectivity index (χ3v) is 4.45. The van der Waals surface area contributed by atoms with E-state index in [1.807, 2.05) is 49.4 Å². The minimum atomic E-state index is -0.799. The van der Waals surface area contributed by atoms with E-state index in [1.54, 1.807) is 4.90 Å². The van der Waals surface area contributed by atoms with E-state index in [0.29, 0.717) is 19.4 Å². The molecule has 1 aliphatic rings. The van der Waals surface area contributed by atoms with Crippen LogP contribution in [0.1, 0.15) is 26.2 Å². The number of carbonyl (C=O) groups is 1. The molecule has 1 fully saturated rings. The average molecular weight is 278 g/mol. The molecule has 3 rings (SSSR count). The minimum Gasteiger partial charge on any atom is -0.311 e. The van der Waals surface area contributed by atoms with Gasteiger partial charge in [0.1, 0.15) is 5.41 Å². The molecule has 3 heteroatoms. The summed E-state index contributed by atoms with van der Waals surface area (Å²) in [5.41, 5.74) is 0.106. The lowest BCUT2D eigenvalue weighted by molar-refractivity contribution is -0.128. The number of amides is 1. The van der Waals surface area contributed by atoms with Gasteiger partial charge in [-0.25, -0.2) is 0 Å². The summed E-state index contributed by atoms with van der Waals surface area (Å²) < 4.78 is 0. The van der Waals surface area contributed by atoms with Gasteiger partial charge in [-0.15, -0.1) is 0 Å². The maximum absolute atomic E-state index is 12.9. The molecule has 3 nitrogen and oxygen atoms in total. The summed E-state index contributed by atoms with van der Waals surface area (Å²) in [6.45, 7) is 2.54. The molecule has 0 N–H and O–H groups in total. The first-order valence-corrected chi connectivity index (χ1v) is 7.43. The number of hydrogen-bond donors (Lipinski definition) is 0. The van der Waals surface area contributed by atoms with E-state index in [-0.39, 0.29) is 5.91 Å². The zero-order valence-electron chi connectivity index (χ0n) is 12.2. The Morgan fingerprint density at radius 1 is 1.24 bits per heavy atom. The highest BCUT2D eigenvalue weighted by molar-refractivity contribution is 6.06. The van der Waals surface area contributed by atoms with Crippen molar-refractivity contribution in [3.63, 3.8) is 0 Å². The number of rotatable bonds is 3. The number of fused-ring (bicyclic) bond motifs is 1. The SMILES string of the molecule is CCN(C(=O)C1(C#N)CCC1)c1cccc2ccccc12. The van der Waals surface area contributed by atoms with E-state index in [0.717, 1.165) is 22.9 Å². The van der Waals surface area contributed by atoms with E-state index in [2.05, 4.69) is 6.07 Å². The first-order chi connectivity index (χ1) is 10.2. The van der Waals surface area contributed by atoms with Gasteiger partial charge in [-0.2, -0.15) is 5.26 Å². The summed E-state index contributed by atoms with van der Waals surface area (Å²) in [6, 6.07) is 16.3. The Hall–Kier alpha value is -2.34. The lowest BCUT2D eigenvalue weighted by atomic mass is 9.69. The van der Waals surface area contributed by atoms with Crippen molar-refractivity contribution in [2.24, 2.45) is 5.41 Å². The second kappa shape index (κ2) is 5.21. The van der Waals surface area contributed by atoms with Crippen molar-refractivity contribution in [3.8, 4) is 6.07 Å². The molecule has 0 radical (unpaired) electrons.